The van der Waals surface area contributed by atoms with Crippen molar-refractivity contribution in [3.63, 3.8) is 0 Å². The minimum absolute atomic E-state index is 0.816. The van der Waals surface area contributed by atoms with Crippen molar-refractivity contribution in [2.45, 2.75) is 25.3 Å². The van der Waals surface area contributed by atoms with Gasteiger partial charge in [-0.25, -0.2) is 0 Å². The average molecular weight is 233 g/mol. The van der Waals surface area contributed by atoms with Crippen LogP contribution in [0.4, 0.5) is 0 Å². The SMILES string of the molecule is c1ccc2c(c1)CC[C@H](N1CCSCC1)C2. The maximum Gasteiger partial charge on any atom is 0.0140 e. The molecule has 1 aliphatic heterocycles. The van der Waals surface area contributed by atoms with E-state index in [1.165, 1.54) is 43.9 Å². The zero-order chi connectivity index (χ0) is 10.8. The average Bonchev–Trinajstić information content (AvgIpc) is 2.39. The van der Waals surface area contributed by atoms with E-state index in [2.05, 4.69) is 40.9 Å². The van der Waals surface area contributed by atoms with Crippen LogP contribution in [-0.4, -0.2) is 35.5 Å². The first-order chi connectivity index (χ1) is 7.93. The molecule has 1 heterocycles. The predicted octanol–water partition coefficient (Wildman–Crippen LogP) is 2.59. The molecule has 0 N–H and O–H groups in total. The first-order valence-electron chi connectivity index (χ1n) is 6.32. The van der Waals surface area contributed by atoms with Crippen LogP contribution in [0.2, 0.25) is 0 Å². The summed E-state index contributed by atoms with van der Waals surface area (Å²) in [7, 11) is 0. The van der Waals surface area contributed by atoms with Gasteiger partial charge < -0.3 is 0 Å². The molecule has 86 valence electrons. The van der Waals surface area contributed by atoms with Crippen LogP contribution < -0.4 is 0 Å². The lowest BCUT2D eigenvalue weighted by atomic mass is 9.87. The van der Waals surface area contributed by atoms with Crippen molar-refractivity contribution in [1.29, 1.82) is 0 Å². The molecule has 1 atom stereocenters. The number of benzene rings is 1. The molecule has 0 radical (unpaired) electrons. The molecule has 2 aliphatic rings. The van der Waals surface area contributed by atoms with E-state index < -0.39 is 0 Å². The van der Waals surface area contributed by atoms with E-state index in [0.29, 0.717) is 0 Å². The zero-order valence-electron chi connectivity index (χ0n) is 9.69. The van der Waals surface area contributed by atoms with Gasteiger partial charge in [0.2, 0.25) is 0 Å². The second kappa shape index (κ2) is 4.80. The minimum atomic E-state index is 0.816. The van der Waals surface area contributed by atoms with E-state index >= 15 is 0 Å². The molecule has 1 aliphatic carbocycles. The van der Waals surface area contributed by atoms with Crippen LogP contribution in [0.15, 0.2) is 24.3 Å². The third-order valence-electron chi connectivity index (χ3n) is 3.88. The lowest BCUT2D eigenvalue weighted by molar-refractivity contribution is 0.198. The molecule has 1 nitrogen and oxygen atoms in total. The summed E-state index contributed by atoms with van der Waals surface area (Å²) in [6.07, 6.45) is 3.92. The van der Waals surface area contributed by atoms with Crippen LogP contribution in [0, 0.1) is 0 Å². The van der Waals surface area contributed by atoms with E-state index in [0.717, 1.165) is 6.04 Å². The highest BCUT2D eigenvalue weighted by Gasteiger charge is 2.24. The maximum absolute atomic E-state index is 2.71. The molecule has 0 amide bonds. The van der Waals surface area contributed by atoms with Gasteiger partial charge >= 0.3 is 0 Å². The Hall–Kier alpha value is -0.470. The number of hydrogen-bond acceptors (Lipinski definition) is 2. The van der Waals surface area contributed by atoms with Crippen LogP contribution in [0.3, 0.4) is 0 Å². The van der Waals surface area contributed by atoms with Crippen molar-refractivity contribution in [1.82, 2.24) is 4.90 Å². The Balaban J connectivity index is 1.72. The minimum Gasteiger partial charge on any atom is -0.298 e. The van der Waals surface area contributed by atoms with E-state index in [1.54, 1.807) is 11.1 Å². The monoisotopic (exact) mass is 233 g/mol. The van der Waals surface area contributed by atoms with Gasteiger partial charge in [-0.15, -0.1) is 0 Å². The molecule has 0 spiro atoms. The van der Waals surface area contributed by atoms with Crippen LogP contribution in [0.25, 0.3) is 0 Å². The van der Waals surface area contributed by atoms with Crippen molar-refractivity contribution in [2.75, 3.05) is 24.6 Å². The summed E-state index contributed by atoms with van der Waals surface area (Å²) in [4.78, 5) is 2.71. The summed E-state index contributed by atoms with van der Waals surface area (Å²) in [5, 5.41) is 0. The molecule has 16 heavy (non-hydrogen) atoms. The summed E-state index contributed by atoms with van der Waals surface area (Å²) in [6.45, 7) is 2.61. The highest BCUT2D eigenvalue weighted by molar-refractivity contribution is 7.99. The highest BCUT2D eigenvalue weighted by atomic mass is 32.2. The maximum atomic E-state index is 2.71. The van der Waals surface area contributed by atoms with Gasteiger partial charge in [0.15, 0.2) is 0 Å². The molecular formula is C14H19NS. The lowest BCUT2D eigenvalue weighted by Gasteiger charge is -2.37. The van der Waals surface area contributed by atoms with Crippen molar-refractivity contribution in [2.24, 2.45) is 0 Å². The molecule has 0 saturated carbocycles. The number of nitrogens with zero attached hydrogens (tertiary/aromatic N) is 1. The Bertz CT molecular complexity index is 358. The largest absolute Gasteiger partial charge is 0.298 e. The van der Waals surface area contributed by atoms with Gasteiger partial charge in [-0.1, -0.05) is 24.3 Å². The number of rotatable bonds is 1. The van der Waals surface area contributed by atoms with Gasteiger partial charge in [0.25, 0.3) is 0 Å². The second-order valence-electron chi connectivity index (χ2n) is 4.81. The number of aryl methyl sites for hydroxylation is 1. The van der Waals surface area contributed by atoms with Gasteiger partial charge in [0.1, 0.15) is 0 Å². The molecule has 0 bridgehead atoms. The third-order valence-corrected chi connectivity index (χ3v) is 4.83. The van der Waals surface area contributed by atoms with Crippen molar-refractivity contribution >= 4 is 11.8 Å². The number of thioether (sulfide) groups is 1. The molecular weight excluding hydrogens is 214 g/mol. The Morgan fingerprint density at radius 2 is 1.81 bits per heavy atom. The molecule has 2 heteroatoms. The summed E-state index contributed by atoms with van der Waals surface area (Å²) >= 11 is 2.11. The Labute approximate surface area is 102 Å². The normalized spacial score (nSPS) is 26.4. The number of fused-ring (bicyclic) bond motifs is 1. The number of hydrogen-bond donors (Lipinski definition) is 0. The zero-order valence-corrected chi connectivity index (χ0v) is 10.5. The van der Waals surface area contributed by atoms with Crippen molar-refractivity contribution in [3.05, 3.63) is 35.4 Å². The molecule has 1 aromatic rings. The van der Waals surface area contributed by atoms with E-state index in [9.17, 15) is 0 Å². The third kappa shape index (κ3) is 2.14. The smallest absolute Gasteiger partial charge is 0.0140 e. The van der Waals surface area contributed by atoms with E-state index in [1.807, 2.05) is 0 Å². The topological polar surface area (TPSA) is 3.24 Å². The van der Waals surface area contributed by atoms with Gasteiger partial charge in [-0.05, 0) is 30.4 Å². The van der Waals surface area contributed by atoms with Gasteiger partial charge in [0.05, 0.1) is 0 Å². The second-order valence-corrected chi connectivity index (χ2v) is 6.04. The van der Waals surface area contributed by atoms with E-state index in [4.69, 9.17) is 0 Å². The van der Waals surface area contributed by atoms with Gasteiger partial charge in [-0.3, -0.25) is 4.90 Å². The summed E-state index contributed by atoms with van der Waals surface area (Å²) in [5.74, 6) is 2.66. The fraction of sp³-hybridized carbons (Fsp3) is 0.571. The van der Waals surface area contributed by atoms with Gasteiger partial charge in [-0.2, -0.15) is 11.8 Å². The Morgan fingerprint density at radius 1 is 1.06 bits per heavy atom. The van der Waals surface area contributed by atoms with Crippen molar-refractivity contribution < 1.29 is 0 Å². The standard InChI is InChI=1S/C14H19NS/c1-2-4-13-11-14(6-5-12(13)3-1)15-7-9-16-10-8-15/h1-4,14H,5-11H2/t14-/m0/s1. The van der Waals surface area contributed by atoms with E-state index in [-0.39, 0.29) is 0 Å². The fourth-order valence-electron chi connectivity index (χ4n) is 2.93. The van der Waals surface area contributed by atoms with Crippen LogP contribution >= 0.6 is 11.8 Å². The quantitative estimate of drug-likeness (QED) is 0.733. The lowest BCUT2D eigenvalue weighted by Crippen LogP contribution is -2.43. The van der Waals surface area contributed by atoms with Crippen LogP contribution in [0.1, 0.15) is 17.5 Å². The first kappa shape index (κ1) is 10.7. The van der Waals surface area contributed by atoms with Crippen LogP contribution in [-0.2, 0) is 12.8 Å². The summed E-state index contributed by atoms with van der Waals surface area (Å²) < 4.78 is 0. The van der Waals surface area contributed by atoms with Crippen LogP contribution in [0.5, 0.6) is 0 Å². The Kier molecular flexibility index (Phi) is 3.20. The molecule has 0 unspecified atom stereocenters. The molecule has 1 saturated heterocycles. The molecule has 1 aromatic carbocycles. The first-order valence-corrected chi connectivity index (χ1v) is 7.47. The predicted molar refractivity (Wildman–Crippen MR) is 71.2 cm³/mol. The molecule has 1 fully saturated rings. The van der Waals surface area contributed by atoms with Gasteiger partial charge in [0, 0.05) is 30.6 Å². The highest BCUT2D eigenvalue weighted by Crippen LogP contribution is 2.25. The Morgan fingerprint density at radius 3 is 2.62 bits per heavy atom. The van der Waals surface area contributed by atoms with Crippen molar-refractivity contribution in [3.8, 4) is 0 Å². The fourth-order valence-corrected chi connectivity index (χ4v) is 3.86. The molecule has 3 rings (SSSR count). The summed E-state index contributed by atoms with van der Waals surface area (Å²) in [6, 6.07) is 9.80. The molecule has 0 aromatic heterocycles. The summed E-state index contributed by atoms with van der Waals surface area (Å²) in [5.41, 5.74) is 3.18.